The zero-order chi connectivity index (χ0) is 27.1. The first-order valence-corrected chi connectivity index (χ1v) is 12.7. The number of amides is 1. The van der Waals surface area contributed by atoms with Crippen LogP contribution < -0.4 is 5.32 Å². The van der Waals surface area contributed by atoms with Crippen LogP contribution in [0, 0.1) is 18.7 Å². The maximum absolute atomic E-state index is 14.2. The van der Waals surface area contributed by atoms with Crippen molar-refractivity contribution in [2.45, 2.75) is 27.2 Å². The number of anilines is 1. The standard InChI is InChI=1S/C30H26FN7O/c1-16(2)7-27(39)34-21-11-19(13-32-14-21)25-12-23-26(15-33-25)37-38-29(23)30-35-24-6-4-5-22(28(24)36-30)18-8-17(3)9-20(31)10-18/h4-6,8-16H,7H2,1-3H3,(H,34,39)(H,35,36)(H,37,38). The first-order valence-electron chi connectivity index (χ1n) is 12.7. The number of aryl methyl sites for hydroxylation is 1. The second-order valence-corrected chi connectivity index (χ2v) is 10.1. The van der Waals surface area contributed by atoms with Gasteiger partial charge in [0.15, 0.2) is 5.82 Å². The van der Waals surface area contributed by atoms with Gasteiger partial charge in [0.1, 0.15) is 11.5 Å². The Balaban J connectivity index is 1.39. The van der Waals surface area contributed by atoms with Gasteiger partial charge in [-0.3, -0.25) is 19.9 Å². The molecule has 0 unspecified atom stereocenters. The van der Waals surface area contributed by atoms with Gasteiger partial charge in [0.25, 0.3) is 0 Å². The van der Waals surface area contributed by atoms with Crippen LogP contribution in [0.5, 0.6) is 0 Å². The van der Waals surface area contributed by atoms with Gasteiger partial charge >= 0.3 is 0 Å². The smallest absolute Gasteiger partial charge is 0.224 e. The van der Waals surface area contributed by atoms with Gasteiger partial charge in [0, 0.05) is 29.1 Å². The molecule has 2 aromatic carbocycles. The number of halogens is 1. The highest BCUT2D eigenvalue weighted by Gasteiger charge is 2.17. The number of nitrogens with zero attached hydrogens (tertiary/aromatic N) is 4. The number of carbonyl (C=O) groups excluding carboxylic acids is 1. The van der Waals surface area contributed by atoms with Crippen LogP contribution in [0.1, 0.15) is 25.8 Å². The van der Waals surface area contributed by atoms with Crippen LogP contribution in [0.4, 0.5) is 10.1 Å². The molecule has 3 N–H and O–H groups in total. The molecule has 0 atom stereocenters. The van der Waals surface area contributed by atoms with Gasteiger partial charge in [-0.1, -0.05) is 32.0 Å². The first-order chi connectivity index (χ1) is 18.8. The van der Waals surface area contributed by atoms with Crippen molar-refractivity contribution in [2.75, 3.05) is 5.32 Å². The topological polar surface area (TPSA) is 112 Å². The van der Waals surface area contributed by atoms with Crippen molar-refractivity contribution in [2.24, 2.45) is 5.92 Å². The van der Waals surface area contributed by atoms with E-state index in [9.17, 15) is 9.18 Å². The van der Waals surface area contributed by atoms with Gasteiger partial charge in [-0.15, -0.1) is 0 Å². The normalized spacial score (nSPS) is 11.5. The molecule has 0 saturated carbocycles. The molecule has 0 aliphatic carbocycles. The Morgan fingerprint density at radius 1 is 1.03 bits per heavy atom. The lowest BCUT2D eigenvalue weighted by atomic mass is 10.0. The predicted molar refractivity (Wildman–Crippen MR) is 150 cm³/mol. The van der Waals surface area contributed by atoms with Gasteiger partial charge in [0.05, 0.1) is 40.3 Å². The van der Waals surface area contributed by atoms with Gasteiger partial charge in [0.2, 0.25) is 5.91 Å². The van der Waals surface area contributed by atoms with Crippen LogP contribution in [0.3, 0.4) is 0 Å². The molecule has 0 spiro atoms. The summed E-state index contributed by atoms with van der Waals surface area (Å²) in [5.74, 6) is 0.509. The molecule has 0 aliphatic rings. The van der Waals surface area contributed by atoms with E-state index in [-0.39, 0.29) is 17.6 Å². The summed E-state index contributed by atoms with van der Waals surface area (Å²) >= 11 is 0. The number of pyridine rings is 2. The predicted octanol–water partition coefficient (Wildman–Crippen LogP) is 6.66. The van der Waals surface area contributed by atoms with Crippen LogP contribution in [0.25, 0.3) is 55.8 Å². The quantitative estimate of drug-likeness (QED) is 0.228. The van der Waals surface area contributed by atoms with E-state index in [1.807, 2.05) is 57.2 Å². The number of fused-ring (bicyclic) bond motifs is 2. The lowest BCUT2D eigenvalue weighted by Crippen LogP contribution is -2.13. The van der Waals surface area contributed by atoms with E-state index >= 15 is 0 Å². The van der Waals surface area contributed by atoms with E-state index < -0.39 is 0 Å². The zero-order valence-electron chi connectivity index (χ0n) is 21.7. The summed E-state index contributed by atoms with van der Waals surface area (Å²) in [7, 11) is 0. The molecule has 6 rings (SSSR count). The second kappa shape index (κ2) is 9.75. The lowest BCUT2D eigenvalue weighted by molar-refractivity contribution is -0.116. The fraction of sp³-hybridized carbons (Fsp3) is 0.167. The van der Waals surface area contributed by atoms with Crippen LogP contribution in [-0.4, -0.2) is 36.0 Å². The van der Waals surface area contributed by atoms with Crippen LogP contribution in [0.2, 0.25) is 0 Å². The number of aromatic nitrogens is 6. The molecule has 4 aromatic heterocycles. The Labute approximate surface area is 223 Å². The molecule has 8 nitrogen and oxygen atoms in total. The highest BCUT2D eigenvalue weighted by atomic mass is 19.1. The lowest BCUT2D eigenvalue weighted by Gasteiger charge is -2.08. The molecule has 1 amide bonds. The summed E-state index contributed by atoms with van der Waals surface area (Å²) in [6.45, 7) is 5.87. The largest absolute Gasteiger partial charge is 0.337 e. The Bertz CT molecular complexity index is 1830. The van der Waals surface area contributed by atoms with Crippen molar-refractivity contribution < 1.29 is 9.18 Å². The molecule has 9 heteroatoms. The Morgan fingerprint density at radius 2 is 1.90 bits per heavy atom. The number of para-hydroxylation sites is 1. The third-order valence-electron chi connectivity index (χ3n) is 6.45. The minimum atomic E-state index is -0.283. The maximum Gasteiger partial charge on any atom is 0.224 e. The van der Waals surface area contributed by atoms with E-state index in [0.717, 1.165) is 44.2 Å². The van der Waals surface area contributed by atoms with E-state index in [0.29, 0.717) is 29.3 Å². The molecule has 6 aromatic rings. The molecule has 4 heterocycles. The average molecular weight is 520 g/mol. The molecule has 0 radical (unpaired) electrons. The van der Waals surface area contributed by atoms with Crippen molar-refractivity contribution in [3.8, 4) is 33.9 Å². The molecule has 0 aliphatic heterocycles. The van der Waals surface area contributed by atoms with Crippen LogP contribution >= 0.6 is 0 Å². The van der Waals surface area contributed by atoms with Crippen molar-refractivity contribution in [1.29, 1.82) is 0 Å². The van der Waals surface area contributed by atoms with Crippen molar-refractivity contribution in [3.63, 3.8) is 0 Å². The number of hydrogen-bond acceptors (Lipinski definition) is 5. The Hall–Kier alpha value is -4.92. The van der Waals surface area contributed by atoms with Crippen molar-refractivity contribution in [1.82, 2.24) is 30.1 Å². The number of hydrogen-bond donors (Lipinski definition) is 3. The third-order valence-corrected chi connectivity index (χ3v) is 6.45. The van der Waals surface area contributed by atoms with Gasteiger partial charge < -0.3 is 10.3 Å². The highest BCUT2D eigenvalue weighted by molar-refractivity contribution is 5.98. The van der Waals surface area contributed by atoms with E-state index in [1.54, 1.807) is 18.6 Å². The summed E-state index contributed by atoms with van der Waals surface area (Å²) in [5.41, 5.74) is 7.46. The number of imidazole rings is 1. The summed E-state index contributed by atoms with van der Waals surface area (Å²) in [5, 5.41) is 11.3. The van der Waals surface area contributed by atoms with E-state index in [2.05, 4.69) is 30.5 Å². The number of benzene rings is 2. The Morgan fingerprint density at radius 3 is 2.72 bits per heavy atom. The van der Waals surface area contributed by atoms with Crippen molar-refractivity contribution in [3.05, 3.63) is 78.5 Å². The molecule has 0 fully saturated rings. The van der Waals surface area contributed by atoms with E-state index in [1.165, 1.54) is 12.1 Å². The fourth-order valence-electron chi connectivity index (χ4n) is 4.76. The molecular formula is C30H26FN7O. The average Bonchev–Trinajstić information content (AvgIpc) is 3.51. The number of rotatable bonds is 6. The molecule has 194 valence electrons. The molecule has 39 heavy (non-hydrogen) atoms. The zero-order valence-corrected chi connectivity index (χ0v) is 21.7. The third kappa shape index (κ3) is 4.86. The SMILES string of the molecule is Cc1cc(F)cc(-c2cccc3[nH]c(-c4n[nH]c5cnc(-c6cncc(NC(=O)CC(C)C)c6)cc45)nc23)c1. The van der Waals surface area contributed by atoms with Crippen molar-refractivity contribution >= 4 is 33.5 Å². The Kier molecular flexibility index (Phi) is 6.11. The summed E-state index contributed by atoms with van der Waals surface area (Å²) in [6, 6.07) is 14.5. The molecular weight excluding hydrogens is 493 g/mol. The van der Waals surface area contributed by atoms with Crippen LogP contribution in [-0.2, 0) is 4.79 Å². The fourth-order valence-corrected chi connectivity index (χ4v) is 4.76. The monoisotopic (exact) mass is 519 g/mol. The van der Waals surface area contributed by atoms with Gasteiger partial charge in [-0.05, 0) is 54.3 Å². The second-order valence-electron chi connectivity index (χ2n) is 10.1. The maximum atomic E-state index is 14.2. The first kappa shape index (κ1) is 24.4. The number of aromatic amines is 2. The molecule has 0 bridgehead atoms. The van der Waals surface area contributed by atoms with Crippen LogP contribution in [0.15, 0.2) is 67.1 Å². The van der Waals surface area contributed by atoms with Gasteiger partial charge in [-0.2, -0.15) is 5.10 Å². The van der Waals surface area contributed by atoms with E-state index in [4.69, 9.17) is 4.98 Å². The summed E-state index contributed by atoms with van der Waals surface area (Å²) in [6.07, 6.45) is 5.48. The number of H-pyrrole nitrogens is 2. The minimum Gasteiger partial charge on any atom is -0.337 e. The molecule has 0 saturated heterocycles. The summed E-state index contributed by atoms with van der Waals surface area (Å²) in [4.78, 5) is 29.4. The number of carbonyl (C=O) groups is 1. The highest BCUT2D eigenvalue weighted by Crippen LogP contribution is 2.33. The summed E-state index contributed by atoms with van der Waals surface area (Å²) < 4.78 is 14.2. The number of nitrogens with one attached hydrogen (secondary N) is 3. The van der Waals surface area contributed by atoms with Gasteiger partial charge in [-0.25, -0.2) is 9.37 Å². The minimum absolute atomic E-state index is 0.0536.